The molecule has 0 saturated carbocycles. The minimum absolute atomic E-state index is 0.935. The molecule has 2 nitrogen and oxygen atoms in total. The lowest BCUT2D eigenvalue weighted by atomic mass is 10.2. The number of aliphatic imine (C=N–C) groups is 1. The molecular weight excluding hydrogens is 192 g/mol. The van der Waals surface area contributed by atoms with E-state index in [0.717, 1.165) is 18.8 Å². The fourth-order valence-electron chi connectivity index (χ4n) is 1.83. The van der Waals surface area contributed by atoms with E-state index >= 15 is 0 Å². The van der Waals surface area contributed by atoms with E-state index in [0.29, 0.717) is 0 Å². The average Bonchev–Trinajstić information content (AvgIpc) is 2.72. The molecule has 1 aromatic rings. The first kappa shape index (κ1) is 9.38. The molecule has 1 heterocycles. The molecule has 0 bridgehead atoms. The molecule has 0 radical (unpaired) electrons. The Morgan fingerprint density at radius 3 is 2.64 bits per heavy atom. The van der Waals surface area contributed by atoms with Crippen molar-refractivity contribution in [2.24, 2.45) is 4.99 Å². The Kier molecular flexibility index (Phi) is 2.92. The SMILES string of the molecule is S=C=Nc1ccccc1N1CCCC1. The predicted molar refractivity (Wildman–Crippen MR) is 62.6 cm³/mol. The second-order valence-electron chi connectivity index (χ2n) is 3.39. The minimum Gasteiger partial charge on any atom is -0.370 e. The number of rotatable bonds is 2. The van der Waals surface area contributed by atoms with Crippen LogP contribution in [0.25, 0.3) is 0 Å². The number of nitrogens with zero attached hydrogens (tertiary/aromatic N) is 2. The third kappa shape index (κ3) is 1.84. The van der Waals surface area contributed by atoms with E-state index in [1.807, 2.05) is 18.2 Å². The van der Waals surface area contributed by atoms with Crippen molar-refractivity contribution in [2.75, 3.05) is 18.0 Å². The molecule has 0 atom stereocenters. The highest BCUT2D eigenvalue weighted by Crippen LogP contribution is 2.30. The number of para-hydroxylation sites is 2. The van der Waals surface area contributed by atoms with Crippen molar-refractivity contribution >= 4 is 28.8 Å². The van der Waals surface area contributed by atoms with Gasteiger partial charge in [-0.2, -0.15) is 4.99 Å². The molecule has 1 aliphatic heterocycles. The molecule has 2 rings (SSSR count). The van der Waals surface area contributed by atoms with Crippen LogP contribution in [-0.4, -0.2) is 18.3 Å². The molecule has 3 heteroatoms. The summed E-state index contributed by atoms with van der Waals surface area (Å²) >= 11 is 4.63. The van der Waals surface area contributed by atoms with E-state index < -0.39 is 0 Å². The molecule has 0 unspecified atom stereocenters. The van der Waals surface area contributed by atoms with Gasteiger partial charge in [-0.15, -0.1) is 0 Å². The molecule has 0 N–H and O–H groups in total. The van der Waals surface area contributed by atoms with Gasteiger partial charge in [0.25, 0.3) is 0 Å². The van der Waals surface area contributed by atoms with E-state index in [1.54, 1.807) is 0 Å². The highest BCUT2D eigenvalue weighted by molar-refractivity contribution is 7.78. The van der Waals surface area contributed by atoms with Crippen molar-refractivity contribution in [1.82, 2.24) is 0 Å². The van der Waals surface area contributed by atoms with Gasteiger partial charge in [-0.05, 0) is 37.2 Å². The zero-order chi connectivity index (χ0) is 9.80. The zero-order valence-electron chi connectivity index (χ0n) is 7.94. The van der Waals surface area contributed by atoms with Crippen LogP contribution in [0.1, 0.15) is 12.8 Å². The van der Waals surface area contributed by atoms with Crippen molar-refractivity contribution in [3.8, 4) is 0 Å². The summed E-state index contributed by atoms with van der Waals surface area (Å²) in [6.45, 7) is 2.26. The maximum atomic E-state index is 4.63. The molecule has 0 spiro atoms. The molecule has 1 fully saturated rings. The summed E-state index contributed by atoms with van der Waals surface area (Å²) < 4.78 is 0. The first-order valence-corrected chi connectivity index (χ1v) is 5.24. The van der Waals surface area contributed by atoms with E-state index in [-0.39, 0.29) is 0 Å². The fourth-order valence-corrected chi connectivity index (χ4v) is 1.93. The predicted octanol–water partition coefficient (Wildman–Crippen LogP) is 3.02. The van der Waals surface area contributed by atoms with Gasteiger partial charge in [0, 0.05) is 13.1 Å². The Morgan fingerprint density at radius 2 is 1.93 bits per heavy atom. The summed E-state index contributed by atoms with van der Waals surface area (Å²) in [4.78, 5) is 6.43. The number of thiocarbonyl (C=S) groups is 1. The summed E-state index contributed by atoms with van der Waals surface area (Å²) in [7, 11) is 0. The quantitative estimate of drug-likeness (QED) is 0.543. The third-order valence-corrected chi connectivity index (χ3v) is 2.59. The standard InChI is InChI=1S/C11H12N2S/c14-9-12-10-5-1-2-6-11(10)13-7-3-4-8-13/h1-2,5-6H,3-4,7-8H2. The Hall–Kier alpha value is -1.18. The van der Waals surface area contributed by atoms with Gasteiger partial charge in [0.2, 0.25) is 0 Å². The van der Waals surface area contributed by atoms with Crippen LogP contribution >= 0.6 is 12.2 Å². The van der Waals surface area contributed by atoms with Crippen LogP contribution < -0.4 is 4.90 Å². The van der Waals surface area contributed by atoms with Gasteiger partial charge in [0.15, 0.2) is 0 Å². The Morgan fingerprint density at radius 1 is 1.21 bits per heavy atom. The van der Waals surface area contributed by atoms with E-state index in [1.165, 1.54) is 18.5 Å². The maximum absolute atomic E-state index is 4.63. The van der Waals surface area contributed by atoms with Crippen LogP contribution in [-0.2, 0) is 0 Å². The van der Waals surface area contributed by atoms with Crippen molar-refractivity contribution in [3.05, 3.63) is 24.3 Å². The van der Waals surface area contributed by atoms with Gasteiger partial charge < -0.3 is 4.90 Å². The normalized spacial score (nSPS) is 15.3. The lowest BCUT2D eigenvalue weighted by molar-refractivity contribution is 0.949. The van der Waals surface area contributed by atoms with E-state index in [2.05, 4.69) is 33.3 Å². The molecule has 0 amide bonds. The third-order valence-electron chi connectivity index (χ3n) is 2.49. The molecule has 0 aromatic heterocycles. The van der Waals surface area contributed by atoms with Crippen molar-refractivity contribution in [1.29, 1.82) is 0 Å². The van der Waals surface area contributed by atoms with E-state index in [4.69, 9.17) is 0 Å². The van der Waals surface area contributed by atoms with Gasteiger partial charge in [-0.25, -0.2) is 0 Å². The number of hydrogen-bond acceptors (Lipinski definition) is 3. The van der Waals surface area contributed by atoms with Gasteiger partial charge in [0.05, 0.1) is 16.5 Å². The smallest absolute Gasteiger partial charge is 0.0972 e. The lowest BCUT2D eigenvalue weighted by Crippen LogP contribution is -2.17. The van der Waals surface area contributed by atoms with Crippen LogP contribution in [0.3, 0.4) is 0 Å². The number of isothiocyanates is 1. The van der Waals surface area contributed by atoms with Gasteiger partial charge in [0.1, 0.15) is 0 Å². The first-order valence-electron chi connectivity index (χ1n) is 4.83. The molecule has 72 valence electrons. The highest BCUT2D eigenvalue weighted by atomic mass is 32.1. The summed E-state index contributed by atoms with van der Waals surface area (Å²) in [5, 5.41) is 2.43. The highest BCUT2D eigenvalue weighted by Gasteiger charge is 2.14. The summed E-state index contributed by atoms with van der Waals surface area (Å²) in [5.41, 5.74) is 2.12. The van der Waals surface area contributed by atoms with Crippen LogP contribution in [0.5, 0.6) is 0 Å². The maximum Gasteiger partial charge on any atom is 0.0972 e. The Bertz CT molecular complexity index is 363. The van der Waals surface area contributed by atoms with Crippen LogP contribution in [0.4, 0.5) is 11.4 Å². The summed E-state index contributed by atoms with van der Waals surface area (Å²) in [6.07, 6.45) is 2.55. The van der Waals surface area contributed by atoms with Crippen LogP contribution in [0.15, 0.2) is 29.3 Å². The number of anilines is 1. The molecular formula is C11H12N2S. The monoisotopic (exact) mass is 204 g/mol. The topological polar surface area (TPSA) is 15.6 Å². The second kappa shape index (κ2) is 4.36. The first-order chi connectivity index (χ1) is 6.92. The largest absolute Gasteiger partial charge is 0.370 e. The number of hydrogen-bond donors (Lipinski definition) is 0. The molecule has 14 heavy (non-hydrogen) atoms. The Labute approximate surface area is 89.3 Å². The van der Waals surface area contributed by atoms with E-state index in [9.17, 15) is 0 Å². The van der Waals surface area contributed by atoms with Crippen molar-refractivity contribution < 1.29 is 0 Å². The number of benzene rings is 1. The molecule has 1 aliphatic rings. The summed E-state index contributed by atoms with van der Waals surface area (Å²) in [5.74, 6) is 0. The molecule has 1 aromatic carbocycles. The van der Waals surface area contributed by atoms with Gasteiger partial charge >= 0.3 is 0 Å². The molecule has 0 aliphatic carbocycles. The zero-order valence-corrected chi connectivity index (χ0v) is 8.76. The van der Waals surface area contributed by atoms with Crippen LogP contribution in [0.2, 0.25) is 0 Å². The van der Waals surface area contributed by atoms with Gasteiger partial charge in [-0.3, -0.25) is 0 Å². The molecule has 1 saturated heterocycles. The fraction of sp³-hybridized carbons (Fsp3) is 0.364. The Balaban J connectivity index is 2.34. The van der Waals surface area contributed by atoms with Crippen molar-refractivity contribution in [3.63, 3.8) is 0 Å². The lowest BCUT2D eigenvalue weighted by Gasteiger charge is -2.18. The van der Waals surface area contributed by atoms with Gasteiger partial charge in [-0.1, -0.05) is 12.1 Å². The average molecular weight is 204 g/mol. The van der Waals surface area contributed by atoms with Crippen LogP contribution in [0, 0.1) is 0 Å². The minimum atomic E-state index is 0.935. The second-order valence-corrected chi connectivity index (χ2v) is 3.57. The van der Waals surface area contributed by atoms with Crippen molar-refractivity contribution in [2.45, 2.75) is 12.8 Å². The summed E-state index contributed by atoms with van der Waals surface area (Å²) in [6, 6.07) is 8.09.